The molecule has 9 heteroatoms. The zero-order chi connectivity index (χ0) is 22.0. The first-order valence-corrected chi connectivity index (χ1v) is 11.9. The normalized spacial score (nSPS) is 15.7. The van der Waals surface area contributed by atoms with E-state index in [0.29, 0.717) is 19.4 Å². The lowest BCUT2D eigenvalue weighted by atomic mass is 9.80. The molecule has 0 spiro atoms. The molecule has 8 nitrogen and oxygen atoms in total. The lowest BCUT2D eigenvalue weighted by Crippen LogP contribution is -2.59. The number of nitrogens with zero attached hydrogens (tertiary/aromatic N) is 1. The van der Waals surface area contributed by atoms with Gasteiger partial charge >= 0.3 is 0 Å². The third-order valence-electron chi connectivity index (χ3n) is 5.27. The van der Waals surface area contributed by atoms with E-state index in [2.05, 4.69) is 15.4 Å². The molecule has 1 aliphatic carbocycles. The summed E-state index contributed by atoms with van der Waals surface area (Å²) in [7, 11) is -3.74. The number of hydrogen-bond acceptors (Lipinski definition) is 5. The van der Waals surface area contributed by atoms with E-state index >= 15 is 0 Å². The third kappa shape index (κ3) is 6.28. The van der Waals surface area contributed by atoms with E-state index in [1.165, 1.54) is 24.3 Å². The van der Waals surface area contributed by atoms with Gasteiger partial charge in [-0.25, -0.2) is 13.1 Å². The second kappa shape index (κ2) is 11.1. The van der Waals surface area contributed by atoms with Gasteiger partial charge in [0.25, 0.3) is 5.91 Å². The van der Waals surface area contributed by atoms with E-state index in [9.17, 15) is 18.0 Å². The van der Waals surface area contributed by atoms with Crippen molar-refractivity contribution in [1.29, 1.82) is 5.26 Å². The highest BCUT2D eigenvalue weighted by molar-refractivity contribution is 7.89. The molecular formula is C21H30N4O4S. The maximum absolute atomic E-state index is 12.8. The van der Waals surface area contributed by atoms with Crippen LogP contribution in [-0.4, -0.2) is 38.9 Å². The third-order valence-corrected chi connectivity index (χ3v) is 6.74. The molecule has 0 bridgehead atoms. The maximum Gasteiger partial charge on any atom is 0.252 e. The van der Waals surface area contributed by atoms with Crippen LogP contribution in [0, 0.1) is 11.3 Å². The first-order valence-electron chi connectivity index (χ1n) is 10.4. The second-order valence-electron chi connectivity index (χ2n) is 7.54. The molecule has 164 valence electrons. The van der Waals surface area contributed by atoms with Gasteiger partial charge in [-0.1, -0.05) is 32.6 Å². The lowest BCUT2D eigenvalue weighted by Gasteiger charge is -2.36. The topological polar surface area (TPSA) is 128 Å². The van der Waals surface area contributed by atoms with Crippen molar-refractivity contribution in [3.8, 4) is 6.07 Å². The Kier molecular flexibility index (Phi) is 8.81. The molecule has 0 aliphatic heterocycles. The van der Waals surface area contributed by atoms with Gasteiger partial charge in [0, 0.05) is 25.1 Å². The summed E-state index contributed by atoms with van der Waals surface area (Å²) in [5.74, 6) is -0.547. The molecule has 0 heterocycles. The summed E-state index contributed by atoms with van der Waals surface area (Å²) < 4.78 is 26.7. The van der Waals surface area contributed by atoms with E-state index in [-0.39, 0.29) is 29.3 Å². The molecule has 1 fully saturated rings. The van der Waals surface area contributed by atoms with Crippen LogP contribution in [0.4, 0.5) is 0 Å². The van der Waals surface area contributed by atoms with Gasteiger partial charge in [-0.15, -0.1) is 0 Å². The summed E-state index contributed by atoms with van der Waals surface area (Å²) >= 11 is 0. The Morgan fingerprint density at radius 1 is 1.10 bits per heavy atom. The molecule has 2 amide bonds. The first kappa shape index (κ1) is 23.8. The first-order chi connectivity index (χ1) is 14.3. The van der Waals surface area contributed by atoms with Crippen LogP contribution in [0.25, 0.3) is 0 Å². The largest absolute Gasteiger partial charge is 0.354 e. The van der Waals surface area contributed by atoms with Gasteiger partial charge < -0.3 is 10.6 Å². The Morgan fingerprint density at radius 2 is 1.77 bits per heavy atom. The van der Waals surface area contributed by atoms with Gasteiger partial charge in [-0.3, -0.25) is 9.59 Å². The number of sulfonamides is 1. The summed E-state index contributed by atoms with van der Waals surface area (Å²) in [6.07, 6.45) is 5.87. The van der Waals surface area contributed by atoms with E-state index in [1.807, 2.05) is 13.0 Å². The minimum absolute atomic E-state index is 0.0154. The fourth-order valence-electron chi connectivity index (χ4n) is 3.51. The highest BCUT2D eigenvalue weighted by Crippen LogP contribution is 2.29. The fraction of sp³-hybridized carbons (Fsp3) is 0.571. The zero-order valence-corrected chi connectivity index (χ0v) is 18.2. The van der Waals surface area contributed by atoms with Crippen LogP contribution in [0.3, 0.4) is 0 Å². The van der Waals surface area contributed by atoms with Crippen LogP contribution >= 0.6 is 0 Å². The number of rotatable bonds is 10. The van der Waals surface area contributed by atoms with Crippen LogP contribution in [0.2, 0.25) is 0 Å². The maximum atomic E-state index is 12.8. The van der Waals surface area contributed by atoms with Crippen molar-refractivity contribution in [3.63, 3.8) is 0 Å². The van der Waals surface area contributed by atoms with Crippen LogP contribution in [0.15, 0.2) is 29.2 Å². The number of benzene rings is 1. The smallest absolute Gasteiger partial charge is 0.252 e. The van der Waals surface area contributed by atoms with Crippen LogP contribution < -0.4 is 15.4 Å². The van der Waals surface area contributed by atoms with Gasteiger partial charge in [-0.05, 0) is 43.5 Å². The van der Waals surface area contributed by atoms with E-state index in [4.69, 9.17) is 5.26 Å². The standard InChI is InChI=1S/C21H30N4O4S/c1-2-3-15-23-20(27)21(12-5-4-6-13-21)25-19(26)17-8-10-18(11-9-17)30(28,29)24-16-7-14-22/h8-11,24H,2-7,12-13,15-16H2,1H3,(H,23,27)(H,25,26). The minimum atomic E-state index is -3.74. The number of carbonyl (C=O) groups excluding carboxylic acids is 2. The Hall–Kier alpha value is -2.44. The number of nitrogens with one attached hydrogen (secondary N) is 3. The highest BCUT2D eigenvalue weighted by atomic mass is 32.2. The summed E-state index contributed by atoms with van der Waals surface area (Å²) in [5.41, 5.74) is -0.635. The van der Waals surface area contributed by atoms with Crippen LogP contribution in [0.1, 0.15) is 68.6 Å². The molecule has 1 aliphatic rings. The molecular weight excluding hydrogens is 404 g/mol. The number of nitriles is 1. The predicted molar refractivity (Wildman–Crippen MR) is 113 cm³/mol. The number of carbonyl (C=O) groups is 2. The highest BCUT2D eigenvalue weighted by Gasteiger charge is 2.40. The van der Waals surface area contributed by atoms with Gasteiger partial charge in [0.15, 0.2) is 0 Å². The Morgan fingerprint density at radius 3 is 2.37 bits per heavy atom. The van der Waals surface area contributed by atoms with Crippen molar-refractivity contribution in [1.82, 2.24) is 15.4 Å². The average molecular weight is 435 g/mol. The van der Waals surface area contributed by atoms with Gasteiger partial charge in [-0.2, -0.15) is 5.26 Å². The van der Waals surface area contributed by atoms with E-state index in [1.54, 1.807) is 0 Å². The van der Waals surface area contributed by atoms with E-state index < -0.39 is 21.5 Å². The monoisotopic (exact) mass is 434 g/mol. The molecule has 1 aromatic carbocycles. The second-order valence-corrected chi connectivity index (χ2v) is 9.30. The van der Waals surface area contributed by atoms with Crippen molar-refractivity contribution in [3.05, 3.63) is 29.8 Å². The molecule has 1 saturated carbocycles. The average Bonchev–Trinajstić information content (AvgIpc) is 2.74. The SMILES string of the molecule is CCCCNC(=O)C1(NC(=O)c2ccc(S(=O)(=O)NCCC#N)cc2)CCCCC1. The summed E-state index contributed by atoms with van der Waals surface area (Å²) in [6, 6.07) is 7.42. The molecule has 0 atom stereocenters. The molecule has 0 radical (unpaired) electrons. The molecule has 1 aromatic rings. The van der Waals surface area contributed by atoms with Crippen molar-refractivity contribution >= 4 is 21.8 Å². The molecule has 3 N–H and O–H groups in total. The molecule has 0 aromatic heterocycles. The predicted octanol–water partition coefficient (Wildman–Crippen LogP) is 2.23. The number of amides is 2. The molecule has 0 saturated heterocycles. The Bertz CT molecular complexity index is 869. The minimum Gasteiger partial charge on any atom is -0.354 e. The van der Waals surface area contributed by atoms with Crippen LogP contribution in [-0.2, 0) is 14.8 Å². The molecule has 30 heavy (non-hydrogen) atoms. The zero-order valence-electron chi connectivity index (χ0n) is 17.4. The van der Waals surface area contributed by atoms with Gasteiger partial charge in [0.05, 0.1) is 11.0 Å². The summed E-state index contributed by atoms with van der Waals surface area (Å²) in [4.78, 5) is 25.7. The van der Waals surface area contributed by atoms with Gasteiger partial charge in [0.2, 0.25) is 15.9 Å². The van der Waals surface area contributed by atoms with Crippen LogP contribution in [0.5, 0.6) is 0 Å². The quantitative estimate of drug-likeness (QED) is 0.487. The summed E-state index contributed by atoms with van der Waals surface area (Å²) in [6.45, 7) is 2.66. The Balaban J connectivity index is 2.10. The molecule has 2 rings (SSSR count). The fourth-order valence-corrected chi connectivity index (χ4v) is 4.54. The number of hydrogen-bond donors (Lipinski definition) is 3. The van der Waals surface area contributed by atoms with Crippen molar-refractivity contribution in [2.45, 2.75) is 68.7 Å². The van der Waals surface area contributed by atoms with Crippen molar-refractivity contribution in [2.75, 3.05) is 13.1 Å². The summed E-state index contributed by atoms with van der Waals surface area (Å²) in [5, 5.41) is 14.4. The van der Waals surface area contributed by atoms with Crippen molar-refractivity contribution < 1.29 is 18.0 Å². The number of unbranched alkanes of at least 4 members (excludes halogenated alkanes) is 1. The van der Waals surface area contributed by atoms with Crippen molar-refractivity contribution in [2.24, 2.45) is 0 Å². The lowest BCUT2D eigenvalue weighted by molar-refractivity contribution is -0.128. The van der Waals surface area contributed by atoms with Gasteiger partial charge in [0.1, 0.15) is 5.54 Å². The molecule has 0 unspecified atom stereocenters. The Labute approximate surface area is 178 Å². The van der Waals surface area contributed by atoms with E-state index in [0.717, 1.165) is 32.1 Å².